The van der Waals surface area contributed by atoms with Gasteiger partial charge in [0.1, 0.15) is 17.3 Å². The molecular formula is C19H23N5O3. The minimum Gasteiger partial charge on any atom is -0.356 e. The predicted octanol–water partition coefficient (Wildman–Crippen LogP) is 1.45. The number of pyridine rings is 1. The number of nitrogens with zero attached hydrogens (tertiary/aromatic N) is 4. The number of rotatable bonds is 4. The first-order chi connectivity index (χ1) is 13.1. The maximum Gasteiger partial charge on any atom is 0.270 e. The monoisotopic (exact) mass is 369 g/mol. The molecule has 0 radical (unpaired) electrons. The zero-order chi connectivity index (χ0) is 18.7. The van der Waals surface area contributed by atoms with E-state index >= 15 is 0 Å². The highest BCUT2D eigenvalue weighted by atomic mass is 16.7. The topological polar surface area (TPSA) is 89.5 Å². The molecule has 1 N–H and O–H groups in total. The number of nitrogens with one attached hydrogen (secondary N) is 1. The van der Waals surface area contributed by atoms with E-state index < -0.39 is 5.79 Å². The fourth-order valence-electron chi connectivity index (χ4n) is 3.47. The van der Waals surface area contributed by atoms with Gasteiger partial charge in [-0.1, -0.05) is 6.07 Å². The second-order valence-corrected chi connectivity index (χ2v) is 6.80. The van der Waals surface area contributed by atoms with Gasteiger partial charge in [-0.15, -0.1) is 0 Å². The van der Waals surface area contributed by atoms with Crippen LogP contribution in [-0.2, 0) is 16.0 Å². The first kappa shape index (κ1) is 17.8. The van der Waals surface area contributed by atoms with Gasteiger partial charge in [-0.2, -0.15) is 0 Å². The highest BCUT2D eigenvalue weighted by molar-refractivity contribution is 5.92. The van der Waals surface area contributed by atoms with E-state index in [1.165, 1.54) is 0 Å². The van der Waals surface area contributed by atoms with Crippen molar-refractivity contribution in [2.24, 2.45) is 0 Å². The molecule has 2 aliphatic heterocycles. The van der Waals surface area contributed by atoms with E-state index in [0.717, 1.165) is 37.3 Å². The lowest BCUT2D eigenvalue weighted by Gasteiger charge is -2.38. The number of hydrogen-bond acceptors (Lipinski definition) is 7. The molecule has 27 heavy (non-hydrogen) atoms. The van der Waals surface area contributed by atoms with E-state index in [2.05, 4.69) is 25.2 Å². The van der Waals surface area contributed by atoms with Gasteiger partial charge in [0.05, 0.1) is 13.2 Å². The van der Waals surface area contributed by atoms with Gasteiger partial charge >= 0.3 is 0 Å². The maximum absolute atomic E-state index is 12.5. The van der Waals surface area contributed by atoms with Crippen molar-refractivity contribution < 1.29 is 14.3 Å². The number of anilines is 1. The summed E-state index contributed by atoms with van der Waals surface area (Å²) < 4.78 is 11.5. The van der Waals surface area contributed by atoms with Gasteiger partial charge in [0.25, 0.3) is 5.91 Å². The van der Waals surface area contributed by atoms with Gasteiger partial charge < -0.3 is 19.7 Å². The highest BCUT2D eigenvalue weighted by Gasteiger charge is 2.40. The summed E-state index contributed by atoms with van der Waals surface area (Å²) in [6.07, 6.45) is 5.01. The summed E-state index contributed by atoms with van der Waals surface area (Å²) >= 11 is 0. The average Bonchev–Trinajstić information content (AvgIpc) is 3.15. The predicted molar refractivity (Wildman–Crippen MR) is 98.3 cm³/mol. The Balaban J connectivity index is 1.42. The van der Waals surface area contributed by atoms with E-state index in [0.29, 0.717) is 31.3 Å². The SMILES string of the molecule is Cc1nc(C(=O)NCc2cccnc2)cc(N2CCC3(CC2)OCCO3)n1. The minimum absolute atomic E-state index is 0.221. The number of piperidine rings is 1. The Hall–Kier alpha value is -2.58. The molecule has 2 saturated heterocycles. The molecule has 2 aromatic heterocycles. The molecular weight excluding hydrogens is 346 g/mol. The second kappa shape index (κ2) is 7.58. The van der Waals surface area contributed by atoms with Crippen molar-refractivity contribution in [3.05, 3.63) is 47.7 Å². The molecule has 4 heterocycles. The van der Waals surface area contributed by atoms with E-state index in [1.54, 1.807) is 25.4 Å². The largest absolute Gasteiger partial charge is 0.356 e. The first-order valence-corrected chi connectivity index (χ1v) is 9.19. The van der Waals surface area contributed by atoms with Crippen LogP contribution in [0.3, 0.4) is 0 Å². The van der Waals surface area contributed by atoms with E-state index in [-0.39, 0.29) is 5.91 Å². The summed E-state index contributed by atoms with van der Waals surface area (Å²) in [4.78, 5) is 27.5. The Morgan fingerprint density at radius 2 is 2.04 bits per heavy atom. The molecule has 0 saturated carbocycles. The third-order valence-corrected chi connectivity index (χ3v) is 4.90. The van der Waals surface area contributed by atoms with Crippen LogP contribution in [0.25, 0.3) is 0 Å². The van der Waals surface area contributed by atoms with Crippen LogP contribution in [0, 0.1) is 6.92 Å². The van der Waals surface area contributed by atoms with Gasteiger partial charge in [-0.25, -0.2) is 9.97 Å². The van der Waals surface area contributed by atoms with E-state index in [9.17, 15) is 4.79 Å². The molecule has 2 aliphatic rings. The molecule has 8 heteroatoms. The molecule has 8 nitrogen and oxygen atoms in total. The Labute approximate surface area is 157 Å². The van der Waals surface area contributed by atoms with Crippen LogP contribution < -0.4 is 10.2 Å². The molecule has 2 fully saturated rings. The number of hydrogen-bond donors (Lipinski definition) is 1. The van der Waals surface area contributed by atoms with Gasteiger partial charge in [-0.3, -0.25) is 9.78 Å². The van der Waals surface area contributed by atoms with Crippen LogP contribution >= 0.6 is 0 Å². The van der Waals surface area contributed by atoms with Crippen LogP contribution in [0.1, 0.15) is 34.7 Å². The number of aryl methyl sites for hydroxylation is 1. The number of carbonyl (C=O) groups is 1. The van der Waals surface area contributed by atoms with Crippen molar-refractivity contribution in [1.29, 1.82) is 0 Å². The normalized spacial score (nSPS) is 18.6. The van der Waals surface area contributed by atoms with Crippen molar-refractivity contribution in [2.45, 2.75) is 32.1 Å². The number of ether oxygens (including phenoxy) is 2. The van der Waals surface area contributed by atoms with Crippen molar-refractivity contribution in [3.63, 3.8) is 0 Å². The summed E-state index contributed by atoms with van der Waals surface area (Å²) in [6.45, 7) is 5.07. The second-order valence-electron chi connectivity index (χ2n) is 6.80. The van der Waals surface area contributed by atoms with Crippen molar-refractivity contribution >= 4 is 11.7 Å². The lowest BCUT2D eigenvalue weighted by molar-refractivity contribution is -0.169. The van der Waals surface area contributed by atoms with Crippen LogP contribution in [0.4, 0.5) is 5.82 Å². The lowest BCUT2D eigenvalue weighted by atomic mass is 10.0. The van der Waals surface area contributed by atoms with E-state index in [4.69, 9.17) is 9.47 Å². The molecule has 2 aromatic rings. The zero-order valence-corrected chi connectivity index (χ0v) is 15.4. The molecule has 0 aliphatic carbocycles. The molecule has 1 spiro atoms. The highest BCUT2D eigenvalue weighted by Crippen LogP contribution is 2.32. The van der Waals surface area contributed by atoms with Gasteiger partial charge in [0.2, 0.25) is 0 Å². The summed E-state index contributed by atoms with van der Waals surface area (Å²) in [5.74, 6) is 0.693. The number of amides is 1. The minimum atomic E-state index is -0.428. The van der Waals surface area contributed by atoms with E-state index in [1.807, 2.05) is 12.1 Å². The fraction of sp³-hybridized carbons (Fsp3) is 0.474. The average molecular weight is 369 g/mol. The fourth-order valence-corrected chi connectivity index (χ4v) is 3.47. The molecule has 0 bridgehead atoms. The summed E-state index contributed by atoms with van der Waals surface area (Å²) in [5.41, 5.74) is 1.31. The number of aromatic nitrogens is 3. The lowest BCUT2D eigenvalue weighted by Crippen LogP contribution is -2.45. The third-order valence-electron chi connectivity index (χ3n) is 4.90. The van der Waals surface area contributed by atoms with Crippen LogP contribution in [0.15, 0.2) is 30.6 Å². The molecule has 1 amide bonds. The van der Waals surface area contributed by atoms with Crippen LogP contribution in [-0.4, -0.2) is 52.9 Å². The summed E-state index contributed by atoms with van der Waals surface area (Å²) in [7, 11) is 0. The van der Waals surface area contributed by atoms with Crippen LogP contribution in [0.5, 0.6) is 0 Å². The molecule has 0 unspecified atom stereocenters. The molecule has 4 rings (SSSR count). The molecule has 0 atom stereocenters. The van der Waals surface area contributed by atoms with Gasteiger partial charge in [0, 0.05) is 50.9 Å². The Bertz CT molecular complexity index is 798. The molecule has 142 valence electrons. The van der Waals surface area contributed by atoms with Crippen molar-refractivity contribution in [3.8, 4) is 0 Å². The smallest absolute Gasteiger partial charge is 0.270 e. The molecule has 0 aromatic carbocycles. The standard InChI is InChI=1S/C19H23N5O3/c1-14-22-16(18(25)21-13-15-3-2-6-20-12-15)11-17(23-14)24-7-4-19(5-8-24)26-9-10-27-19/h2-3,6,11-12H,4-5,7-10,13H2,1H3,(H,21,25). The number of carbonyl (C=O) groups excluding carboxylic acids is 1. The van der Waals surface area contributed by atoms with Crippen molar-refractivity contribution in [2.75, 3.05) is 31.2 Å². The maximum atomic E-state index is 12.5. The summed E-state index contributed by atoms with van der Waals surface area (Å²) in [6, 6.07) is 5.51. The zero-order valence-electron chi connectivity index (χ0n) is 15.4. The van der Waals surface area contributed by atoms with Crippen molar-refractivity contribution in [1.82, 2.24) is 20.3 Å². The quantitative estimate of drug-likeness (QED) is 0.872. The van der Waals surface area contributed by atoms with Crippen LogP contribution in [0.2, 0.25) is 0 Å². The Morgan fingerprint density at radius 1 is 1.26 bits per heavy atom. The Morgan fingerprint density at radius 3 is 2.74 bits per heavy atom. The van der Waals surface area contributed by atoms with Gasteiger partial charge in [0.15, 0.2) is 5.79 Å². The third kappa shape index (κ3) is 4.06. The summed E-state index contributed by atoms with van der Waals surface area (Å²) in [5, 5.41) is 2.88. The first-order valence-electron chi connectivity index (χ1n) is 9.19. The van der Waals surface area contributed by atoms with Gasteiger partial charge in [-0.05, 0) is 18.6 Å². The Kier molecular flexibility index (Phi) is 5.00.